The molecule has 0 fully saturated rings. The number of nitrogens with zero attached hydrogens (tertiary/aromatic N) is 1. The van der Waals surface area contributed by atoms with Gasteiger partial charge in [-0.1, -0.05) is 78.1 Å². The molecule has 5 heteroatoms. The van der Waals surface area contributed by atoms with Gasteiger partial charge in [0.25, 0.3) is 0 Å². The zero-order chi connectivity index (χ0) is 18.0. The maximum Gasteiger partial charge on any atom is 0.320 e. The third-order valence-corrected chi connectivity index (χ3v) is 4.76. The molecule has 0 aromatic carbocycles. The van der Waals surface area contributed by atoms with Crippen molar-refractivity contribution in [3.63, 3.8) is 0 Å². The molecule has 3 N–H and O–H groups in total. The lowest BCUT2D eigenvalue weighted by Crippen LogP contribution is -2.43. The number of halogens is 1. The quantitative estimate of drug-likeness (QED) is 0.320. The minimum absolute atomic E-state index is 0. The van der Waals surface area contributed by atoms with Crippen molar-refractivity contribution in [1.29, 1.82) is 0 Å². The molecular formula is C20H43ClN2O2. The van der Waals surface area contributed by atoms with E-state index in [0.717, 1.165) is 25.9 Å². The van der Waals surface area contributed by atoms with Crippen LogP contribution >= 0.6 is 12.4 Å². The summed E-state index contributed by atoms with van der Waals surface area (Å²) in [5.74, 6) is -0.711. The van der Waals surface area contributed by atoms with E-state index in [1.54, 1.807) is 0 Å². The van der Waals surface area contributed by atoms with Crippen molar-refractivity contribution in [3.8, 4) is 0 Å². The fraction of sp³-hybridized carbons (Fsp3) is 0.950. The van der Waals surface area contributed by atoms with Gasteiger partial charge in [-0.3, -0.25) is 9.69 Å². The van der Waals surface area contributed by atoms with Crippen molar-refractivity contribution < 1.29 is 9.90 Å². The van der Waals surface area contributed by atoms with E-state index in [1.807, 2.05) is 0 Å². The van der Waals surface area contributed by atoms with Crippen molar-refractivity contribution in [1.82, 2.24) is 4.90 Å². The highest BCUT2D eigenvalue weighted by atomic mass is 35.5. The highest BCUT2D eigenvalue weighted by Gasteiger charge is 2.23. The molecule has 0 aromatic heterocycles. The first kappa shape index (κ1) is 26.9. The molecule has 0 bridgehead atoms. The molecule has 0 amide bonds. The Bertz CT molecular complexity index is 275. The molecule has 0 aliphatic rings. The van der Waals surface area contributed by atoms with E-state index in [4.69, 9.17) is 5.73 Å². The van der Waals surface area contributed by atoms with E-state index in [2.05, 4.69) is 18.7 Å². The van der Waals surface area contributed by atoms with Gasteiger partial charge in [0.1, 0.15) is 6.04 Å². The van der Waals surface area contributed by atoms with E-state index >= 15 is 0 Å². The van der Waals surface area contributed by atoms with Gasteiger partial charge in [0, 0.05) is 0 Å². The van der Waals surface area contributed by atoms with E-state index in [0.29, 0.717) is 13.0 Å². The number of hydrogen-bond acceptors (Lipinski definition) is 3. The van der Waals surface area contributed by atoms with Gasteiger partial charge in [0.2, 0.25) is 0 Å². The second kappa shape index (κ2) is 20.0. The number of unbranched alkanes of at least 4 members (excludes halogenated alkanes) is 10. The Morgan fingerprint density at radius 2 is 1.24 bits per heavy atom. The maximum atomic E-state index is 11.6. The van der Waals surface area contributed by atoms with Crippen LogP contribution in [0.15, 0.2) is 0 Å². The first-order valence-electron chi connectivity index (χ1n) is 10.3. The second-order valence-electron chi connectivity index (χ2n) is 7.00. The largest absolute Gasteiger partial charge is 0.480 e. The molecule has 0 heterocycles. The van der Waals surface area contributed by atoms with Crippen molar-refractivity contribution in [2.24, 2.45) is 5.73 Å². The fourth-order valence-corrected chi connectivity index (χ4v) is 3.23. The van der Waals surface area contributed by atoms with Crippen LogP contribution in [0.2, 0.25) is 0 Å². The number of carboxylic acid groups (broad SMARTS) is 1. The summed E-state index contributed by atoms with van der Waals surface area (Å²) in [6, 6.07) is -0.402. The molecule has 0 aromatic rings. The average molecular weight is 379 g/mol. The Morgan fingerprint density at radius 3 is 1.60 bits per heavy atom. The highest BCUT2D eigenvalue weighted by molar-refractivity contribution is 5.85. The molecule has 0 saturated heterocycles. The molecule has 1 atom stereocenters. The van der Waals surface area contributed by atoms with E-state index in [9.17, 15) is 9.90 Å². The molecular weight excluding hydrogens is 336 g/mol. The van der Waals surface area contributed by atoms with Crippen LogP contribution < -0.4 is 5.73 Å². The third-order valence-electron chi connectivity index (χ3n) is 4.76. The van der Waals surface area contributed by atoms with Crippen molar-refractivity contribution >= 4 is 18.4 Å². The van der Waals surface area contributed by atoms with Crippen LogP contribution in [0.5, 0.6) is 0 Å². The molecule has 0 radical (unpaired) electrons. The number of carboxylic acids is 1. The Kier molecular flexibility index (Phi) is 21.5. The molecule has 0 saturated carbocycles. The van der Waals surface area contributed by atoms with Gasteiger partial charge in [-0.15, -0.1) is 12.4 Å². The minimum atomic E-state index is -0.711. The van der Waals surface area contributed by atoms with Gasteiger partial charge >= 0.3 is 5.97 Å². The maximum absolute atomic E-state index is 11.6. The van der Waals surface area contributed by atoms with Crippen LogP contribution in [0.3, 0.4) is 0 Å². The monoisotopic (exact) mass is 378 g/mol. The summed E-state index contributed by atoms with van der Waals surface area (Å²) in [5, 5.41) is 9.52. The van der Waals surface area contributed by atoms with Crippen molar-refractivity contribution in [3.05, 3.63) is 0 Å². The summed E-state index contributed by atoms with van der Waals surface area (Å²) in [4.78, 5) is 13.8. The first-order valence-corrected chi connectivity index (χ1v) is 10.3. The zero-order valence-corrected chi connectivity index (χ0v) is 17.5. The molecule has 4 nitrogen and oxygen atoms in total. The van der Waals surface area contributed by atoms with Crippen LogP contribution in [0.4, 0.5) is 0 Å². The Morgan fingerprint density at radius 1 is 0.840 bits per heavy atom. The van der Waals surface area contributed by atoms with Crippen molar-refractivity contribution in [2.75, 3.05) is 19.6 Å². The van der Waals surface area contributed by atoms with Gasteiger partial charge < -0.3 is 10.8 Å². The topological polar surface area (TPSA) is 66.6 Å². The van der Waals surface area contributed by atoms with Crippen LogP contribution in [0.25, 0.3) is 0 Å². The van der Waals surface area contributed by atoms with E-state index in [1.165, 1.54) is 64.2 Å². The van der Waals surface area contributed by atoms with Gasteiger partial charge in [-0.05, 0) is 38.9 Å². The normalized spacial score (nSPS) is 12.2. The lowest BCUT2D eigenvalue weighted by Gasteiger charge is -2.28. The third kappa shape index (κ3) is 15.6. The predicted molar refractivity (Wildman–Crippen MR) is 111 cm³/mol. The zero-order valence-electron chi connectivity index (χ0n) is 16.7. The Balaban J connectivity index is 0. The van der Waals surface area contributed by atoms with E-state index in [-0.39, 0.29) is 12.4 Å². The molecule has 0 rings (SSSR count). The predicted octanol–water partition coefficient (Wildman–Crippen LogP) is 5.23. The second-order valence-corrected chi connectivity index (χ2v) is 7.00. The van der Waals surface area contributed by atoms with Gasteiger partial charge in [-0.25, -0.2) is 0 Å². The number of nitrogens with two attached hydrogens (primary N) is 1. The molecule has 0 aliphatic carbocycles. The summed E-state index contributed by atoms with van der Waals surface area (Å²) in [5.41, 5.74) is 5.63. The summed E-state index contributed by atoms with van der Waals surface area (Å²) >= 11 is 0. The summed E-state index contributed by atoms with van der Waals surface area (Å²) in [6.07, 6.45) is 15.5. The minimum Gasteiger partial charge on any atom is -0.480 e. The summed E-state index contributed by atoms with van der Waals surface area (Å²) in [6.45, 7) is 6.70. The van der Waals surface area contributed by atoms with Gasteiger partial charge in [0.05, 0.1) is 0 Å². The number of carbonyl (C=O) groups is 1. The lowest BCUT2D eigenvalue weighted by atomic mass is 10.1. The Hall–Kier alpha value is -0.320. The molecule has 1 unspecified atom stereocenters. The summed E-state index contributed by atoms with van der Waals surface area (Å²) < 4.78 is 0. The lowest BCUT2D eigenvalue weighted by molar-refractivity contribution is -0.143. The van der Waals surface area contributed by atoms with Crippen LogP contribution in [0.1, 0.15) is 97.3 Å². The van der Waals surface area contributed by atoms with Crippen LogP contribution in [-0.4, -0.2) is 41.7 Å². The number of hydrogen-bond donors (Lipinski definition) is 2. The van der Waals surface area contributed by atoms with Crippen LogP contribution in [-0.2, 0) is 4.79 Å². The number of aliphatic carboxylic acids is 1. The average Bonchev–Trinajstić information content (AvgIpc) is 2.57. The number of rotatable bonds is 18. The fourth-order valence-electron chi connectivity index (χ4n) is 3.23. The Labute approximate surface area is 162 Å². The molecule has 0 spiro atoms. The smallest absolute Gasteiger partial charge is 0.320 e. The van der Waals surface area contributed by atoms with Crippen LogP contribution in [0, 0.1) is 0 Å². The van der Waals surface area contributed by atoms with Crippen molar-refractivity contribution in [2.45, 2.75) is 103 Å². The van der Waals surface area contributed by atoms with Gasteiger partial charge in [0.15, 0.2) is 0 Å². The molecule has 152 valence electrons. The van der Waals surface area contributed by atoms with Gasteiger partial charge in [-0.2, -0.15) is 0 Å². The van der Waals surface area contributed by atoms with E-state index < -0.39 is 12.0 Å². The summed E-state index contributed by atoms with van der Waals surface area (Å²) in [7, 11) is 0. The SMILES string of the molecule is CCCCCCCCN(CCCCCCCC)C(CCN)C(=O)O.Cl. The molecule has 25 heavy (non-hydrogen) atoms. The standard InChI is InChI=1S/C20H42N2O2.ClH/c1-3-5-7-9-11-13-17-22(19(15-16-21)20(23)24)18-14-12-10-8-6-4-2;/h19H,3-18,21H2,1-2H3,(H,23,24);1H. The molecule has 0 aliphatic heterocycles. The first-order chi connectivity index (χ1) is 11.7. The highest BCUT2D eigenvalue weighted by Crippen LogP contribution is 2.13.